The molecule has 1 amide bonds. The number of halogens is 3. The van der Waals surface area contributed by atoms with E-state index in [-0.39, 0.29) is 17.2 Å². The Morgan fingerprint density at radius 2 is 1.66 bits per heavy atom. The summed E-state index contributed by atoms with van der Waals surface area (Å²) in [7, 11) is 0. The molecule has 5 nitrogen and oxygen atoms in total. The molecular formula is C21H13Br2ClN2O3. The molecule has 0 radical (unpaired) electrons. The normalized spacial score (nSPS) is 10.7. The zero-order valence-corrected chi connectivity index (χ0v) is 18.7. The number of ether oxygens (including phenoxy) is 1. The SMILES string of the molecule is O=C(Oc1ccc(Br)cc1/C=N/NC(=O)c1ccccc1Br)c1ccccc1Cl. The van der Waals surface area contributed by atoms with E-state index in [1.807, 2.05) is 6.07 Å². The van der Waals surface area contributed by atoms with Crippen molar-refractivity contribution in [3.63, 3.8) is 0 Å². The second kappa shape index (κ2) is 9.82. The van der Waals surface area contributed by atoms with Crippen molar-refractivity contribution in [2.75, 3.05) is 0 Å². The first kappa shape index (κ1) is 21.2. The molecule has 0 aliphatic carbocycles. The van der Waals surface area contributed by atoms with Gasteiger partial charge in [0.15, 0.2) is 0 Å². The number of nitrogens with one attached hydrogen (secondary N) is 1. The molecule has 0 saturated heterocycles. The van der Waals surface area contributed by atoms with Crippen LogP contribution in [0.4, 0.5) is 0 Å². The predicted octanol–water partition coefficient (Wildman–Crippen LogP) is 5.85. The fourth-order valence-corrected chi connectivity index (χ4v) is 3.42. The van der Waals surface area contributed by atoms with Gasteiger partial charge in [-0.15, -0.1) is 0 Å². The Morgan fingerprint density at radius 3 is 2.38 bits per heavy atom. The molecule has 0 bridgehead atoms. The van der Waals surface area contributed by atoms with Gasteiger partial charge in [-0.1, -0.05) is 51.8 Å². The van der Waals surface area contributed by atoms with Crippen molar-refractivity contribution in [3.05, 3.63) is 97.4 Å². The summed E-state index contributed by atoms with van der Waals surface area (Å²) >= 11 is 12.7. The number of carbonyl (C=O) groups is 2. The van der Waals surface area contributed by atoms with Gasteiger partial charge >= 0.3 is 5.97 Å². The first-order chi connectivity index (χ1) is 14.0. The van der Waals surface area contributed by atoms with Crippen molar-refractivity contribution in [2.24, 2.45) is 5.10 Å². The van der Waals surface area contributed by atoms with Gasteiger partial charge in [0.25, 0.3) is 5.91 Å². The van der Waals surface area contributed by atoms with E-state index in [0.717, 1.165) is 4.47 Å². The van der Waals surface area contributed by atoms with Crippen LogP contribution in [0.15, 0.2) is 80.8 Å². The Hall–Kier alpha value is -2.48. The van der Waals surface area contributed by atoms with Crippen LogP contribution in [0.2, 0.25) is 5.02 Å². The maximum atomic E-state index is 12.4. The smallest absolute Gasteiger partial charge is 0.345 e. The number of nitrogens with zero attached hydrogens (tertiary/aromatic N) is 1. The molecule has 0 unspecified atom stereocenters. The quantitative estimate of drug-likeness (QED) is 0.193. The van der Waals surface area contributed by atoms with Crippen molar-refractivity contribution in [1.82, 2.24) is 5.43 Å². The fraction of sp³-hybridized carbons (Fsp3) is 0. The van der Waals surface area contributed by atoms with Gasteiger partial charge in [-0.05, 0) is 58.4 Å². The molecule has 0 fully saturated rings. The highest BCUT2D eigenvalue weighted by Crippen LogP contribution is 2.24. The van der Waals surface area contributed by atoms with Crippen molar-refractivity contribution in [1.29, 1.82) is 0 Å². The second-order valence-electron chi connectivity index (χ2n) is 5.73. The summed E-state index contributed by atoms with van der Waals surface area (Å²) < 4.78 is 6.89. The van der Waals surface area contributed by atoms with Crippen LogP contribution >= 0.6 is 43.5 Å². The van der Waals surface area contributed by atoms with Crippen LogP contribution in [0.5, 0.6) is 5.75 Å². The highest BCUT2D eigenvalue weighted by atomic mass is 79.9. The van der Waals surface area contributed by atoms with Crippen molar-refractivity contribution < 1.29 is 14.3 Å². The molecule has 0 atom stereocenters. The monoisotopic (exact) mass is 534 g/mol. The Labute approximate surface area is 189 Å². The molecule has 3 rings (SSSR count). The molecular weight excluding hydrogens is 524 g/mol. The third kappa shape index (κ3) is 5.53. The minimum atomic E-state index is -0.593. The van der Waals surface area contributed by atoms with Crippen molar-refractivity contribution in [2.45, 2.75) is 0 Å². The van der Waals surface area contributed by atoms with Crippen LogP contribution in [0.25, 0.3) is 0 Å². The largest absolute Gasteiger partial charge is 0.422 e. The first-order valence-electron chi connectivity index (χ1n) is 8.30. The highest BCUT2D eigenvalue weighted by Gasteiger charge is 2.14. The molecule has 0 spiro atoms. The molecule has 0 aliphatic heterocycles. The van der Waals surface area contributed by atoms with E-state index in [1.165, 1.54) is 6.21 Å². The van der Waals surface area contributed by atoms with E-state index in [1.54, 1.807) is 60.7 Å². The second-order valence-corrected chi connectivity index (χ2v) is 7.91. The lowest BCUT2D eigenvalue weighted by Crippen LogP contribution is -2.18. The van der Waals surface area contributed by atoms with Gasteiger partial charge in [-0.2, -0.15) is 5.10 Å². The Balaban J connectivity index is 1.77. The molecule has 29 heavy (non-hydrogen) atoms. The van der Waals surface area contributed by atoms with Gasteiger partial charge < -0.3 is 4.74 Å². The summed E-state index contributed by atoms with van der Waals surface area (Å²) in [4.78, 5) is 24.7. The summed E-state index contributed by atoms with van der Waals surface area (Å²) in [6.45, 7) is 0. The summed E-state index contributed by atoms with van der Waals surface area (Å²) in [5.41, 5.74) is 3.65. The lowest BCUT2D eigenvalue weighted by Gasteiger charge is -2.09. The summed E-state index contributed by atoms with van der Waals surface area (Å²) in [6.07, 6.45) is 1.40. The summed E-state index contributed by atoms with van der Waals surface area (Å²) in [5, 5.41) is 4.27. The number of carbonyl (C=O) groups excluding carboxylic acids is 2. The van der Waals surface area contributed by atoms with Crippen molar-refractivity contribution in [3.8, 4) is 5.75 Å². The molecule has 3 aromatic rings. The van der Waals surface area contributed by atoms with Crippen LogP contribution in [-0.4, -0.2) is 18.1 Å². The molecule has 0 aliphatic rings. The van der Waals surface area contributed by atoms with Gasteiger partial charge in [-0.3, -0.25) is 4.79 Å². The Kier molecular flexibility index (Phi) is 7.19. The molecule has 146 valence electrons. The maximum Gasteiger partial charge on any atom is 0.345 e. The average Bonchev–Trinajstić information content (AvgIpc) is 2.70. The third-order valence-corrected chi connectivity index (χ3v) is 5.27. The predicted molar refractivity (Wildman–Crippen MR) is 120 cm³/mol. The van der Waals surface area contributed by atoms with E-state index in [0.29, 0.717) is 20.6 Å². The fourth-order valence-electron chi connectivity index (χ4n) is 2.36. The number of amides is 1. The minimum Gasteiger partial charge on any atom is -0.422 e. The standard InChI is InChI=1S/C21H13Br2ClN2O3/c22-14-9-10-19(29-21(28)16-6-2-4-8-18(16)24)13(11-14)12-25-26-20(27)15-5-1-3-7-17(15)23/h1-12H,(H,26,27)/b25-12+. The molecule has 3 aromatic carbocycles. The number of hydrogen-bond donors (Lipinski definition) is 1. The van der Waals surface area contributed by atoms with E-state index in [4.69, 9.17) is 16.3 Å². The number of benzene rings is 3. The molecule has 0 heterocycles. The van der Waals surface area contributed by atoms with Gasteiger partial charge in [0.05, 0.1) is 22.4 Å². The van der Waals surface area contributed by atoms with E-state index in [9.17, 15) is 9.59 Å². The highest BCUT2D eigenvalue weighted by molar-refractivity contribution is 9.10. The number of rotatable bonds is 5. The van der Waals surface area contributed by atoms with Crippen LogP contribution < -0.4 is 10.2 Å². The molecule has 8 heteroatoms. The van der Waals surface area contributed by atoms with E-state index < -0.39 is 5.97 Å². The van der Waals surface area contributed by atoms with Crippen LogP contribution in [-0.2, 0) is 0 Å². The lowest BCUT2D eigenvalue weighted by molar-refractivity contribution is 0.0734. The number of esters is 1. The first-order valence-corrected chi connectivity index (χ1v) is 10.3. The van der Waals surface area contributed by atoms with Gasteiger partial charge in [-0.25, -0.2) is 10.2 Å². The minimum absolute atomic E-state index is 0.252. The van der Waals surface area contributed by atoms with Gasteiger partial charge in [0.2, 0.25) is 0 Å². The lowest BCUT2D eigenvalue weighted by atomic mass is 10.2. The van der Waals surface area contributed by atoms with Gasteiger partial charge in [0.1, 0.15) is 5.75 Å². The molecule has 0 saturated carbocycles. The van der Waals surface area contributed by atoms with E-state index in [2.05, 4.69) is 42.4 Å². The zero-order valence-electron chi connectivity index (χ0n) is 14.7. The van der Waals surface area contributed by atoms with Crippen LogP contribution in [0.3, 0.4) is 0 Å². The van der Waals surface area contributed by atoms with E-state index >= 15 is 0 Å². The Bertz CT molecular complexity index is 1100. The number of hydrazone groups is 1. The summed E-state index contributed by atoms with van der Waals surface area (Å²) in [5.74, 6) is -0.694. The third-order valence-electron chi connectivity index (χ3n) is 3.76. The maximum absolute atomic E-state index is 12.4. The van der Waals surface area contributed by atoms with Crippen LogP contribution in [0, 0.1) is 0 Å². The van der Waals surface area contributed by atoms with Gasteiger partial charge in [0, 0.05) is 14.5 Å². The van der Waals surface area contributed by atoms with Crippen molar-refractivity contribution >= 4 is 61.6 Å². The summed E-state index contributed by atoms with van der Waals surface area (Å²) in [6, 6.07) is 18.7. The molecule has 1 N–H and O–H groups in total. The topological polar surface area (TPSA) is 67.8 Å². The molecule has 0 aromatic heterocycles. The zero-order chi connectivity index (χ0) is 20.8. The average molecular weight is 537 g/mol. The van der Waals surface area contributed by atoms with Crippen LogP contribution in [0.1, 0.15) is 26.3 Å². The Morgan fingerprint density at radius 1 is 0.966 bits per heavy atom. The number of hydrogen-bond acceptors (Lipinski definition) is 4.